The van der Waals surface area contributed by atoms with Crippen LogP contribution < -0.4 is 10.7 Å². The van der Waals surface area contributed by atoms with Gasteiger partial charge in [0.2, 0.25) is 5.43 Å². The topological polar surface area (TPSA) is 104 Å². The number of hydrogen-bond acceptors (Lipinski definition) is 6. The van der Waals surface area contributed by atoms with Crippen molar-refractivity contribution in [3.05, 3.63) is 97.6 Å². The first-order valence-electron chi connectivity index (χ1n) is 10.9. The van der Waals surface area contributed by atoms with Crippen LogP contribution in [-0.2, 0) is 13.6 Å². The Bertz CT molecular complexity index is 1430. The second kappa shape index (κ2) is 10.9. The van der Waals surface area contributed by atoms with Crippen molar-refractivity contribution in [2.45, 2.75) is 19.1 Å². The summed E-state index contributed by atoms with van der Waals surface area (Å²) >= 11 is 7.30. The normalized spacial score (nSPS) is 12.3. The van der Waals surface area contributed by atoms with Crippen molar-refractivity contribution < 1.29 is 15.0 Å². The van der Waals surface area contributed by atoms with Crippen LogP contribution in [0.25, 0.3) is 10.2 Å². The van der Waals surface area contributed by atoms with Crippen LogP contribution in [0.2, 0.25) is 5.02 Å². The van der Waals surface area contributed by atoms with E-state index in [9.17, 15) is 19.8 Å². The molecule has 0 saturated heterocycles. The predicted molar refractivity (Wildman–Crippen MR) is 140 cm³/mol. The summed E-state index contributed by atoms with van der Waals surface area (Å²) in [5.41, 5.74) is 1.34. The number of rotatable bonds is 8. The van der Waals surface area contributed by atoms with Gasteiger partial charge in [0.25, 0.3) is 5.91 Å². The molecule has 2 heterocycles. The number of thiophene rings is 1. The van der Waals surface area contributed by atoms with Gasteiger partial charge in [-0.3, -0.25) is 14.6 Å². The minimum absolute atomic E-state index is 0.0762. The summed E-state index contributed by atoms with van der Waals surface area (Å²) in [5, 5.41) is 23.5. The number of aromatic nitrogens is 1. The van der Waals surface area contributed by atoms with E-state index in [1.54, 1.807) is 54.4 Å². The average Bonchev–Trinajstić information content (AvgIpc) is 3.29. The average molecular weight is 510 g/mol. The number of pyridine rings is 1. The molecule has 180 valence electrons. The van der Waals surface area contributed by atoms with Gasteiger partial charge in [0.05, 0.1) is 11.5 Å². The maximum Gasteiger partial charge on any atom is 0.257 e. The number of halogens is 1. The quantitative estimate of drug-likeness (QED) is 0.306. The van der Waals surface area contributed by atoms with Crippen molar-refractivity contribution in [2.75, 3.05) is 6.54 Å². The lowest BCUT2D eigenvalue weighted by molar-refractivity contribution is 0.0949. The molecular weight excluding hydrogens is 486 g/mol. The standard InChI is InChI=1S/C26H24ClN3O4S/c1-30-15-22(25(34)29-13-16-2-6-18(27)7-3-16)24(33)21-12-20(35-26(21)30)14-28-11-10-23(32)17-4-8-19(31)9-5-17/h2-9,12,14-15,23,31-32H,10-11,13H2,1H3,(H,29,34). The van der Waals surface area contributed by atoms with Crippen molar-refractivity contribution in [3.8, 4) is 5.75 Å². The van der Waals surface area contributed by atoms with Gasteiger partial charge in [-0.2, -0.15) is 0 Å². The zero-order valence-corrected chi connectivity index (χ0v) is 20.5. The summed E-state index contributed by atoms with van der Waals surface area (Å²) in [6.07, 6.45) is 2.96. The summed E-state index contributed by atoms with van der Waals surface area (Å²) in [5.74, 6) is -0.288. The van der Waals surface area contributed by atoms with E-state index in [1.165, 1.54) is 23.5 Å². The SMILES string of the molecule is Cn1cc(C(=O)NCc2ccc(Cl)cc2)c(=O)c2cc(C=NCCC(O)c3ccc(O)cc3)sc21. The van der Waals surface area contributed by atoms with Crippen molar-refractivity contribution in [2.24, 2.45) is 12.0 Å². The fraction of sp³-hybridized carbons (Fsp3) is 0.192. The minimum Gasteiger partial charge on any atom is -0.508 e. The van der Waals surface area contributed by atoms with Gasteiger partial charge in [-0.25, -0.2) is 0 Å². The molecule has 0 aliphatic heterocycles. The molecular formula is C26H24ClN3O4S. The molecule has 2 aromatic carbocycles. The fourth-order valence-corrected chi connectivity index (χ4v) is 4.71. The number of aliphatic imine (C=N–C) groups is 1. The minimum atomic E-state index is -0.685. The molecule has 35 heavy (non-hydrogen) atoms. The number of aryl methyl sites for hydroxylation is 1. The predicted octanol–water partition coefficient (Wildman–Crippen LogP) is 4.43. The van der Waals surface area contributed by atoms with Crippen LogP contribution in [0, 0.1) is 0 Å². The van der Waals surface area contributed by atoms with E-state index < -0.39 is 12.0 Å². The van der Waals surface area contributed by atoms with Crippen molar-refractivity contribution in [1.82, 2.24) is 9.88 Å². The van der Waals surface area contributed by atoms with E-state index >= 15 is 0 Å². The van der Waals surface area contributed by atoms with Crippen LogP contribution in [0.1, 0.15) is 38.9 Å². The monoisotopic (exact) mass is 509 g/mol. The highest BCUT2D eigenvalue weighted by atomic mass is 35.5. The fourth-order valence-electron chi connectivity index (χ4n) is 3.60. The first-order chi connectivity index (χ1) is 16.8. The molecule has 4 rings (SSSR count). The zero-order chi connectivity index (χ0) is 24.9. The lowest BCUT2D eigenvalue weighted by Crippen LogP contribution is -2.29. The summed E-state index contributed by atoms with van der Waals surface area (Å²) < 4.78 is 1.77. The highest BCUT2D eigenvalue weighted by molar-refractivity contribution is 7.20. The number of nitrogens with zero attached hydrogens (tertiary/aromatic N) is 2. The second-order valence-electron chi connectivity index (χ2n) is 8.09. The largest absolute Gasteiger partial charge is 0.508 e. The Morgan fingerprint density at radius 2 is 1.91 bits per heavy atom. The van der Waals surface area contributed by atoms with Gasteiger partial charge in [-0.05, 0) is 47.9 Å². The third-order valence-corrected chi connectivity index (χ3v) is 6.92. The first-order valence-corrected chi connectivity index (χ1v) is 12.1. The second-order valence-corrected chi connectivity index (χ2v) is 9.59. The number of aromatic hydroxyl groups is 1. The number of phenolic OH excluding ortho intramolecular Hbond substituents is 1. The molecule has 0 fully saturated rings. The molecule has 0 aliphatic carbocycles. The van der Waals surface area contributed by atoms with Crippen LogP contribution in [0.3, 0.4) is 0 Å². The molecule has 4 aromatic rings. The number of carbonyl (C=O) groups excluding carboxylic acids is 1. The van der Waals surface area contributed by atoms with Crippen LogP contribution >= 0.6 is 22.9 Å². The van der Waals surface area contributed by atoms with Crippen molar-refractivity contribution in [1.29, 1.82) is 0 Å². The Morgan fingerprint density at radius 3 is 2.63 bits per heavy atom. The van der Waals surface area contributed by atoms with Gasteiger partial charge in [-0.1, -0.05) is 35.9 Å². The maximum atomic E-state index is 13.0. The summed E-state index contributed by atoms with van der Waals surface area (Å²) in [6.45, 7) is 0.680. The Morgan fingerprint density at radius 1 is 1.20 bits per heavy atom. The number of benzene rings is 2. The number of nitrogens with one attached hydrogen (secondary N) is 1. The number of aliphatic hydroxyl groups is 1. The smallest absolute Gasteiger partial charge is 0.257 e. The van der Waals surface area contributed by atoms with Gasteiger partial charge >= 0.3 is 0 Å². The number of amides is 1. The third-order valence-electron chi connectivity index (χ3n) is 5.50. The molecule has 0 aliphatic rings. The van der Waals surface area contributed by atoms with Gasteiger partial charge < -0.3 is 20.1 Å². The Labute approximate surface area is 211 Å². The molecule has 0 spiro atoms. The summed E-state index contributed by atoms with van der Waals surface area (Å²) in [6, 6.07) is 15.3. The number of carbonyl (C=O) groups is 1. The van der Waals surface area contributed by atoms with E-state index in [2.05, 4.69) is 10.3 Å². The molecule has 0 radical (unpaired) electrons. The van der Waals surface area contributed by atoms with Crippen molar-refractivity contribution >= 4 is 45.3 Å². The summed E-state index contributed by atoms with van der Waals surface area (Å²) in [7, 11) is 1.79. The first kappa shape index (κ1) is 24.7. The van der Waals surface area contributed by atoms with Crippen molar-refractivity contribution in [3.63, 3.8) is 0 Å². The number of fused-ring (bicyclic) bond motifs is 1. The molecule has 1 amide bonds. The molecule has 9 heteroatoms. The lowest BCUT2D eigenvalue weighted by atomic mass is 10.1. The zero-order valence-electron chi connectivity index (χ0n) is 18.9. The number of hydrogen-bond donors (Lipinski definition) is 3. The molecule has 3 N–H and O–H groups in total. The summed E-state index contributed by atoms with van der Waals surface area (Å²) in [4.78, 5) is 31.6. The van der Waals surface area contributed by atoms with E-state index in [0.29, 0.717) is 28.9 Å². The molecule has 2 aromatic heterocycles. The highest BCUT2D eigenvalue weighted by Gasteiger charge is 2.16. The molecule has 1 unspecified atom stereocenters. The number of aliphatic hydroxyl groups excluding tert-OH is 1. The Balaban J connectivity index is 1.43. The van der Waals surface area contributed by atoms with Gasteiger partial charge in [0, 0.05) is 42.4 Å². The Hall–Kier alpha value is -3.46. The molecule has 0 saturated carbocycles. The highest BCUT2D eigenvalue weighted by Crippen LogP contribution is 2.23. The maximum absolute atomic E-state index is 13.0. The van der Waals surface area contributed by atoms with Crippen LogP contribution in [0.4, 0.5) is 0 Å². The van der Waals surface area contributed by atoms with Gasteiger partial charge in [-0.15, -0.1) is 11.3 Å². The Kier molecular flexibility index (Phi) is 7.65. The lowest BCUT2D eigenvalue weighted by Gasteiger charge is -2.08. The van der Waals surface area contributed by atoms with E-state index in [-0.39, 0.29) is 23.3 Å². The molecule has 1 atom stereocenters. The third kappa shape index (κ3) is 5.97. The van der Waals surface area contributed by atoms with Crippen LogP contribution in [0.15, 0.2) is 70.6 Å². The number of phenols is 1. The van der Waals surface area contributed by atoms with E-state index in [0.717, 1.165) is 15.3 Å². The van der Waals surface area contributed by atoms with Crippen LogP contribution in [-0.4, -0.2) is 33.4 Å². The van der Waals surface area contributed by atoms with E-state index in [1.807, 2.05) is 12.1 Å². The molecule has 7 nitrogen and oxygen atoms in total. The molecule has 0 bridgehead atoms. The van der Waals surface area contributed by atoms with E-state index in [4.69, 9.17) is 11.6 Å². The van der Waals surface area contributed by atoms with Gasteiger partial charge in [0.15, 0.2) is 0 Å². The van der Waals surface area contributed by atoms with Gasteiger partial charge in [0.1, 0.15) is 16.1 Å². The van der Waals surface area contributed by atoms with Crippen LogP contribution in [0.5, 0.6) is 5.75 Å².